The molecule has 0 saturated carbocycles. The molecule has 0 unspecified atom stereocenters. The second kappa shape index (κ2) is 8.66. The fraction of sp³-hybridized carbons (Fsp3) is 0.176. The van der Waals surface area contributed by atoms with E-state index in [-0.39, 0.29) is 16.4 Å². The second-order valence-corrected chi connectivity index (χ2v) is 5.77. The van der Waals surface area contributed by atoms with Crippen molar-refractivity contribution in [2.24, 2.45) is 0 Å². The minimum Gasteiger partial charge on any atom is -0.452 e. The summed E-state index contributed by atoms with van der Waals surface area (Å²) in [5.41, 5.74) is 0.989. The minimum atomic E-state index is -0.726. The van der Waals surface area contributed by atoms with E-state index in [4.69, 9.17) is 27.9 Å². The molecule has 2 aromatic rings. The van der Waals surface area contributed by atoms with Crippen LogP contribution in [0.1, 0.15) is 15.9 Å². The van der Waals surface area contributed by atoms with Crippen LogP contribution in [0.15, 0.2) is 42.5 Å². The quantitative estimate of drug-likeness (QED) is 0.790. The Kier molecular flexibility index (Phi) is 6.58. The van der Waals surface area contributed by atoms with Crippen LogP contribution in [0.5, 0.6) is 0 Å². The summed E-state index contributed by atoms with van der Waals surface area (Å²) in [5.74, 6) is -1.48. The van der Waals surface area contributed by atoms with Gasteiger partial charge in [-0.2, -0.15) is 0 Å². The van der Waals surface area contributed by atoms with Gasteiger partial charge in [0.1, 0.15) is 5.82 Å². The summed E-state index contributed by atoms with van der Waals surface area (Å²) in [6.45, 7) is -0.0783. The molecule has 2 rings (SSSR count). The van der Waals surface area contributed by atoms with Crippen molar-refractivity contribution in [1.29, 1.82) is 0 Å². The highest BCUT2D eigenvalue weighted by molar-refractivity contribution is 6.35. The summed E-state index contributed by atoms with van der Waals surface area (Å²) >= 11 is 11.7. The molecule has 0 heterocycles. The number of esters is 1. The van der Waals surface area contributed by atoms with E-state index in [1.165, 1.54) is 24.3 Å². The molecule has 1 amide bonds. The third-order valence-corrected chi connectivity index (χ3v) is 3.70. The predicted octanol–water partition coefficient (Wildman–Crippen LogP) is 3.65. The van der Waals surface area contributed by atoms with Gasteiger partial charge < -0.3 is 10.1 Å². The molecule has 2 aromatic carbocycles. The number of hydrogen-bond donors (Lipinski definition) is 1. The summed E-state index contributed by atoms with van der Waals surface area (Å²) in [6, 6.07) is 10.4. The Labute approximate surface area is 148 Å². The van der Waals surface area contributed by atoms with Gasteiger partial charge in [0.25, 0.3) is 5.91 Å². The van der Waals surface area contributed by atoms with Gasteiger partial charge in [-0.25, -0.2) is 9.18 Å². The van der Waals surface area contributed by atoms with Gasteiger partial charge in [0.15, 0.2) is 6.61 Å². The summed E-state index contributed by atoms with van der Waals surface area (Å²) in [4.78, 5) is 23.5. The monoisotopic (exact) mass is 369 g/mol. The SMILES string of the molecule is O=C(COC(=O)c1cc(Cl)ccc1Cl)NCCc1ccc(F)cc1. The van der Waals surface area contributed by atoms with E-state index in [9.17, 15) is 14.0 Å². The van der Waals surface area contributed by atoms with Crippen LogP contribution in [-0.2, 0) is 16.0 Å². The van der Waals surface area contributed by atoms with Gasteiger partial charge in [-0.05, 0) is 42.3 Å². The van der Waals surface area contributed by atoms with Crippen LogP contribution in [0, 0.1) is 5.82 Å². The van der Waals surface area contributed by atoms with E-state index in [0.29, 0.717) is 18.0 Å². The maximum absolute atomic E-state index is 12.8. The van der Waals surface area contributed by atoms with Crippen LogP contribution in [-0.4, -0.2) is 25.0 Å². The highest BCUT2D eigenvalue weighted by Gasteiger charge is 2.14. The molecule has 7 heteroatoms. The smallest absolute Gasteiger partial charge is 0.340 e. The molecule has 0 aliphatic rings. The van der Waals surface area contributed by atoms with Crippen molar-refractivity contribution in [3.8, 4) is 0 Å². The Balaban J connectivity index is 1.75. The Morgan fingerprint density at radius 3 is 2.50 bits per heavy atom. The minimum absolute atomic E-state index is 0.100. The number of rotatable bonds is 6. The lowest BCUT2D eigenvalue weighted by Crippen LogP contribution is -2.30. The third kappa shape index (κ3) is 5.51. The van der Waals surface area contributed by atoms with E-state index in [0.717, 1.165) is 5.56 Å². The molecule has 0 aliphatic carbocycles. The second-order valence-electron chi connectivity index (χ2n) is 4.93. The van der Waals surface area contributed by atoms with Gasteiger partial charge in [-0.15, -0.1) is 0 Å². The predicted molar refractivity (Wildman–Crippen MR) is 89.9 cm³/mol. The molecule has 0 spiro atoms. The van der Waals surface area contributed by atoms with Crippen LogP contribution in [0.25, 0.3) is 0 Å². The molecule has 0 atom stereocenters. The molecular formula is C17H14Cl2FNO3. The molecule has 0 bridgehead atoms. The normalized spacial score (nSPS) is 10.3. The molecule has 24 heavy (non-hydrogen) atoms. The topological polar surface area (TPSA) is 55.4 Å². The highest BCUT2D eigenvalue weighted by Crippen LogP contribution is 2.21. The zero-order chi connectivity index (χ0) is 17.5. The average Bonchev–Trinajstić information content (AvgIpc) is 2.56. The van der Waals surface area contributed by atoms with Crippen molar-refractivity contribution < 1.29 is 18.7 Å². The van der Waals surface area contributed by atoms with Crippen molar-refractivity contribution >= 4 is 35.1 Å². The fourth-order valence-electron chi connectivity index (χ4n) is 1.91. The van der Waals surface area contributed by atoms with E-state index >= 15 is 0 Å². The Hall–Kier alpha value is -2.11. The van der Waals surface area contributed by atoms with Crippen LogP contribution >= 0.6 is 23.2 Å². The largest absolute Gasteiger partial charge is 0.452 e. The number of carbonyl (C=O) groups is 2. The van der Waals surface area contributed by atoms with Gasteiger partial charge in [0.05, 0.1) is 10.6 Å². The molecule has 0 aliphatic heterocycles. The standard InChI is InChI=1S/C17H14Cl2FNO3/c18-12-3-6-15(19)14(9-12)17(23)24-10-16(22)21-8-7-11-1-4-13(20)5-2-11/h1-6,9H,7-8,10H2,(H,21,22). The van der Waals surface area contributed by atoms with E-state index in [2.05, 4.69) is 5.32 Å². The van der Waals surface area contributed by atoms with Gasteiger partial charge in [-0.1, -0.05) is 35.3 Å². The van der Waals surface area contributed by atoms with Gasteiger partial charge in [0, 0.05) is 11.6 Å². The van der Waals surface area contributed by atoms with Crippen LogP contribution in [0.2, 0.25) is 10.0 Å². The van der Waals surface area contributed by atoms with Gasteiger partial charge in [0.2, 0.25) is 0 Å². The molecular weight excluding hydrogens is 356 g/mol. The van der Waals surface area contributed by atoms with Crippen LogP contribution in [0.4, 0.5) is 4.39 Å². The molecule has 126 valence electrons. The molecule has 0 radical (unpaired) electrons. The number of amides is 1. The zero-order valence-electron chi connectivity index (χ0n) is 12.5. The van der Waals surface area contributed by atoms with Crippen LogP contribution < -0.4 is 5.32 Å². The lowest BCUT2D eigenvalue weighted by Gasteiger charge is -2.08. The molecule has 1 N–H and O–H groups in total. The lowest BCUT2D eigenvalue weighted by molar-refractivity contribution is -0.124. The van der Waals surface area contributed by atoms with Crippen molar-refractivity contribution in [2.75, 3.05) is 13.2 Å². The first-order valence-corrected chi connectivity index (χ1v) is 7.84. The number of nitrogens with one attached hydrogen (secondary N) is 1. The first kappa shape index (κ1) is 18.2. The summed E-state index contributed by atoms with van der Waals surface area (Å²) in [6.07, 6.45) is 0.542. The highest BCUT2D eigenvalue weighted by atomic mass is 35.5. The Morgan fingerprint density at radius 2 is 1.79 bits per heavy atom. The summed E-state index contributed by atoms with van der Waals surface area (Å²) in [7, 11) is 0. The first-order valence-electron chi connectivity index (χ1n) is 7.09. The lowest BCUT2D eigenvalue weighted by atomic mass is 10.1. The van der Waals surface area contributed by atoms with Crippen molar-refractivity contribution in [3.63, 3.8) is 0 Å². The van der Waals surface area contributed by atoms with Crippen molar-refractivity contribution in [2.45, 2.75) is 6.42 Å². The van der Waals surface area contributed by atoms with Crippen molar-refractivity contribution in [1.82, 2.24) is 5.32 Å². The van der Waals surface area contributed by atoms with Crippen LogP contribution in [0.3, 0.4) is 0 Å². The zero-order valence-corrected chi connectivity index (χ0v) is 14.0. The van der Waals surface area contributed by atoms with E-state index in [1.54, 1.807) is 18.2 Å². The number of carbonyl (C=O) groups excluding carboxylic acids is 2. The Bertz CT molecular complexity index is 735. The average molecular weight is 370 g/mol. The first-order chi connectivity index (χ1) is 11.5. The van der Waals surface area contributed by atoms with Gasteiger partial charge in [-0.3, -0.25) is 4.79 Å². The maximum Gasteiger partial charge on any atom is 0.340 e. The van der Waals surface area contributed by atoms with E-state index < -0.39 is 18.5 Å². The number of hydrogen-bond acceptors (Lipinski definition) is 3. The molecule has 4 nitrogen and oxygen atoms in total. The molecule has 0 saturated heterocycles. The summed E-state index contributed by atoms with van der Waals surface area (Å²) < 4.78 is 17.7. The number of ether oxygens (including phenoxy) is 1. The van der Waals surface area contributed by atoms with E-state index in [1.807, 2.05) is 0 Å². The Morgan fingerprint density at radius 1 is 1.08 bits per heavy atom. The number of halogens is 3. The fourth-order valence-corrected chi connectivity index (χ4v) is 2.28. The third-order valence-electron chi connectivity index (χ3n) is 3.13. The molecule has 0 fully saturated rings. The maximum atomic E-state index is 12.8. The molecule has 0 aromatic heterocycles. The summed E-state index contributed by atoms with van der Waals surface area (Å²) in [5, 5.41) is 3.15. The van der Waals surface area contributed by atoms with Gasteiger partial charge >= 0.3 is 5.97 Å². The number of benzene rings is 2. The van der Waals surface area contributed by atoms with Crippen molar-refractivity contribution in [3.05, 3.63) is 69.5 Å².